The molecule has 0 unspecified atom stereocenters. The molecule has 2 aromatic rings. The van der Waals surface area contributed by atoms with Crippen molar-refractivity contribution in [3.05, 3.63) is 48.0 Å². The summed E-state index contributed by atoms with van der Waals surface area (Å²) in [5, 5.41) is 2.61. The van der Waals surface area contributed by atoms with E-state index in [9.17, 15) is 18.0 Å². The average Bonchev–Trinajstić information content (AvgIpc) is 2.56. The molecule has 0 spiro atoms. The molecule has 2 rings (SSSR count). The van der Waals surface area contributed by atoms with Crippen molar-refractivity contribution in [3.8, 4) is 11.5 Å². The summed E-state index contributed by atoms with van der Waals surface area (Å²) in [6, 6.07) is 10.5. The van der Waals surface area contributed by atoms with Crippen LogP contribution in [0.5, 0.6) is 11.5 Å². The first-order valence-corrected chi connectivity index (χ1v) is 8.71. The fourth-order valence-corrected chi connectivity index (χ4v) is 2.87. The minimum atomic E-state index is -4.48. The molecule has 0 fully saturated rings. The van der Waals surface area contributed by atoms with E-state index in [1.165, 1.54) is 24.3 Å². The third-order valence-electron chi connectivity index (χ3n) is 3.17. The van der Waals surface area contributed by atoms with Crippen molar-refractivity contribution >= 4 is 23.4 Å². The lowest BCUT2D eigenvalue weighted by Gasteiger charge is -2.15. The quantitative estimate of drug-likeness (QED) is 0.653. The van der Waals surface area contributed by atoms with Gasteiger partial charge in [-0.1, -0.05) is 12.1 Å². The maximum absolute atomic E-state index is 12.7. The Morgan fingerprint density at radius 2 is 1.77 bits per heavy atom. The second-order valence-corrected chi connectivity index (χ2v) is 6.13. The van der Waals surface area contributed by atoms with Gasteiger partial charge in [-0.25, -0.2) is 0 Å². The number of alkyl halides is 3. The fraction of sp³-hybridized carbons (Fsp3) is 0.278. The molecule has 0 heterocycles. The minimum absolute atomic E-state index is 0.0703. The predicted octanol–water partition coefficient (Wildman–Crippen LogP) is 5.35. The van der Waals surface area contributed by atoms with Crippen molar-refractivity contribution in [1.82, 2.24) is 0 Å². The zero-order valence-electron chi connectivity index (χ0n) is 14.2. The van der Waals surface area contributed by atoms with Crippen LogP contribution in [-0.4, -0.2) is 24.6 Å². The molecule has 0 aliphatic heterocycles. The maximum atomic E-state index is 12.7. The van der Waals surface area contributed by atoms with Gasteiger partial charge in [0, 0.05) is 11.0 Å². The molecule has 4 nitrogen and oxygen atoms in total. The first-order valence-electron chi connectivity index (χ1n) is 7.89. The highest BCUT2D eigenvalue weighted by Crippen LogP contribution is 2.39. The molecule has 0 radical (unpaired) electrons. The Balaban J connectivity index is 2.31. The van der Waals surface area contributed by atoms with Gasteiger partial charge in [-0.2, -0.15) is 13.2 Å². The number of carbonyl (C=O) groups excluding carboxylic acids is 1. The zero-order chi connectivity index (χ0) is 19.2. The van der Waals surface area contributed by atoms with Crippen molar-refractivity contribution in [3.63, 3.8) is 0 Å². The monoisotopic (exact) mass is 385 g/mol. The second kappa shape index (κ2) is 8.84. The Hall–Kier alpha value is -2.35. The number of hydrogen-bond acceptors (Lipinski definition) is 4. The molecule has 26 heavy (non-hydrogen) atoms. The van der Waals surface area contributed by atoms with Crippen LogP contribution in [0, 0.1) is 0 Å². The van der Waals surface area contributed by atoms with Crippen molar-refractivity contribution in [2.75, 3.05) is 18.5 Å². The molecular formula is C18H18F3NO3S. The first-order chi connectivity index (χ1) is 12.3. The van der Waals surface area contributed by atoms with Crippen LogP contribution in [-0.2, 0) is 0 Å². The molecule has 0 aliphatic carbocycles. The summed E-state index contributed by atoms with van der Waals surface area (Å²) in [7, 11) is 0. The summed E-state index contributed by atoms with van der Waals surface area (Å²) in [5.74, 6) is 0.265. The lowest BCUT2D eigenvalue weighted by Crippen LogP contribution is -2.15. The van der Waals surface area contributed by atoms with E-state index >= 15 is 0 Å². The van der Waals surface area contributed by atoms with Crippen LogP contribution < -0.4 is 14.8 Å². The van der Waals surface area contributed by atoms with Crippen LogP contribution in [0.3, 0.4) is 0 Å². The number of hydrogen-bond donors (Lipinski definition) is 1. The zero-order valence-corrected chi connectivity index (χ0v) is 15.0. The van der Waals surface area contributed by atoms with Crippen molar-refractivity contribution in [2.24, 2.45) is 0 Å². The summed E-state index contributed by atoms with van der Waals surface area (Å²) in [4.78, 5) is 12.4. The number of carbonyl (C=O) groups is 1. The lowest BCUT2D eigenvalue weighted by atomic mass is 10.2. The number of ether oxygens (including phenoxy) is 2. The van der Waals surface area contributed by atoms with Gasteiger partial charge in [0.25, 0.3) is 5.91 Å². The van der Waals surface area contributed by atoms with Gasteiger partial charge >= 0.3 is 5.51 Å². The van der Waals surface area contributed by atoms with Gasteiger partial charge in [-0.05, 0) is 49.9 Å². The molecule has 0 atom stereocenters. The molecule has 0 aliphatic rings. The largest absolute Gasteiger partial charge is 0.494 e. The third kappa shape index (κ3) is 5.59. The first kappa shape index (κ1) is 20.0. The van der Waals surface area contributed by atoms with Crippen LogP contribution >= 0.6 is 11.8 Å². The summed E-state index contributed by atoms with van der Waals surface area (Å²) >= 11 is -0.325. The van der Waals surface area contributed by atoms with E-state index in [1.807, 2.05) is 6.92 Å². The molecule has 8 heteroatoms. The molecule has 0 saturated heterocycles. The Morgan fingerprint density at radius 3 is 2.42 bits per heavy atom. The Kier molecular flexibility index (Phi) is 6.79. The van der Waals surface area contributed by atoms with E-state index < -0.39 is 11.4 Å². The van der Waals surface area contributed by atoms with Gasteiger partial charge in [-0.15, -0.1) is 0 Å². The summed E-state index contributed by atoms with van der Waals surface area (Å²) in [6.45, 7) is 4.42. The van der Waals surface area contributed by atoms with Crippen molar-refractivity contribution < 1.29 is 27.4 Å². The van der Waals surface area contributed by atoms with Gasteiger partial charge in [0.2, 0.25) is 0 Å². The normalized spacial score (nSPS) is 11.1. The highest BCUT2D eigenvalue weighted by Gasteiger charge is 2.31. The Labute approximate surface area is 153 Å². The highest BCUT2D eigenvalue weighted by atomic mass is 32.2. The molecule has 140 valence electrons. The topological polar surface area (TPSA) is 47.6 Å². The standard InChI is InChI=1S/C18H18F3NO3S/c1-3-24-12-9-10-15(25-4-2)14(11-12)22-17(23)13-7-5-6-8-16(13)26-18(19,20)21/h5-11H,3-4H2,1-2H3,(H,22,23). The number of anilines is 1. The fourth-order valence-electron chi connectivity index (χ4n) is 2.20. The number of rotatable bonds is 7. The lowest BCUT2D eigenvalue weighted by molar-refractivity contribution is -0.0328. The van der Waals surface area contributed by atoms with E-state index in [1.54, 1.807) is 25.1 Å². The summed E-state index contributed by atoms with van der Waals surface area (Å²) in [5.41, 5.74) is -4.23. The summed E-state index contributed by atoms with van der Waals surface area (Å²) in [6.07, 6.45) is 0. The number of nitrogens with one attached hydrogen (secondary N) is 1. The van der Waals surface area contributed by atoms with E-state index in [4.69, 9.17) is 9.47 Å². The van der Waals surface area contributed by atoms with E-state index in [2.05, 4.69) is 5.32 Å². The van der Waals surface area contributed by atoms with Gasteiger partial charge in [0.1, 0.15) is 11.5 Å². The molecule has 0 saturated carbocycles. The molecule has 1 amide bonds. The smallest absolute Gasteiger partial charge is 0.446 e. The van der Waals surface area contributed by atoms with Gasteiger partial charge in [0.05, 0.1) is 24.5 Å². The Morgan fingerprint density at radius 1 is 1.08 bits per heavy atom. The van der Waals surface area contributed by atoms with E-state index in [-0.39, 0.29) is 22.2 Å². The van der Waals surface area contributed by atoms with Crippen LogP contribution in [0.4, 0.5) is 18.9 Å². The molecule has 0 aromatic heterocycles. The minimum Gasteiger partial charge on any atom is -0.494 e. The van der Waals surface area contributed by atoms with Crippen molar-refractivity contribution in [2.45, 2.75) is 24.3 Å². The predicted molar refractivity (Wildman–Crippen MR) is 95.1 cm³/mol. The molecule has 0 bridgehead atoms. The van der Waals surface area contributed by atoms with Crippen LogP contribution in [0.1, 0.15) is 24.2 Å². The van der Waals surface area contributed by atoms with Gasteiger partial charge < -0.3 is 14.8 Å². The Bertz CT molecular complexity index is 766. The van der Waals surface area contributed by atoms with E-state index in [0.717, 1.165) is 0 Å². The second-order valence-electron chi connectivity index (χ2n) is 5.02. The van der Waals surface area contributed by atoms with Crippen molar-refractivity contribution in [1.29, 1.82) is 0 Å². The molecule has 1 N–H and O–H groups in total. The summed E-state index contributed by atoms with van der Waals surface area (Å²) < 4.78 is 49.0. The van der Waals surface area contributed by atoms with Crippen LogP contribution in [0.2, 0.25) is 0 Å². The molecule has 2 aromatic carbocycles. The number of amides is 1. The number of halogens is 3. The van der Waals surface area contributed by atoms with Gasteiger partial charge in [0.15, 0.2) is 0 Å². The molecular weight excluding hydrogens is 367 g/mol. The number of benzene rings is 2. The average molecular weight is 385 g/mol. The van der Waals surface area contributed by atoms with E-state index in [0.29, 0.717) is 30.4 Å². The van der Waals surface area contributed by atoms with Crippen LogP contribution in [0.25, 0.3) is 0 Å². The third-order valence-corrected chi connectivity index (χ3v) is 3.97. The maximum Gasteiger partial charge on any atom is 0.446 e. The van der Waals surface area contributed by atoms with Crippen LogP contribution in [0.15, 0.2) is 47.4 Å². The number of thioether (sulfide) groups is 1. The highest BCUT2D eigenvalue weighted by molar-refractivity contribution is 8.00. The van der Waals surface area contributed by atoms with Gasteiger partial charge in [-0.3, -0.25) is 4.79 Å². The SMILES string of the molecule is CCOc1ccc(OCC)c(NC(=O)c2ccccc2SC(F)(F)F)c1.